The first-order chi connectivity index (χ1) is 6.76. The molecule has 0 bridgehead atoms. The van der Waals surface area contributed by atoms with Crippen molar-refractivity contribution in [3.05, 3.63) is 0 Å². The van der Waals surface area contributed by atoms with Crippen molar-refractivity contribution in [2.45, 2.75) is 39.7 Å². The first-order valence-corrected chi connectivity index (χ1v) is 5.36. The van der Waals surface area contributed by atoms with Crippen LogP contribution < -0.4 is 5.73 Å². The first-order valence-electron chi connectivity index (χ1n) is 5.36. The maximum absolute atomic E-state index is 11.6. The van der Waals surface area contributed by atoms with Crippen LogP contribution in [-0.4, -0.2) is 42.2 Å². The second-order valence-electron chi connectivity index (χ2n) is 5.27. The molecule has 1 amide bonds. The highest BCUT2D eigenvalue weighted by Gasteiger charge is 2.19. The summed E-state index contributed by atoms with van der Waals surface area (Å²) in [6, 6.07) is -0.0985. The number of amides is 1. The molecule has 1 atom stereocenters. The van der Waals surface area contributed by atoms with Crippen molar-refractivity contribution in [1.29, 1.82) is 0 Å². The second kappa shape index (κ2) is 6.08. The molecule has 0 aliphatic heterocycles. The maximum Gasteiger partial charge on any atom is 0.223 e. The topological polar surface area (TPSA) is 66.6 Å². The highest BCUT2D eigenvalue weighted by Crippen LogP contribution is 2.21. The van der Waals surface area contributed by atoms with Gasteiger partial charge in [0.25, 0.3) is 0 Å². The second-order valence-corrected chi connectivity index (χ2v) is 5.27. The summed E-state index contributed by atoms with van der Waals surface area (Å²) in [4.78, 5) is 13.1. The molecule has 0 saturated heterocycles. The normalized spacial score (nSPS) is 13.7. The summed E-state index contributed by atoms with van der Waals surface area (Å²) >= 11 is 0. The fraction of sp³-hybridized carbons (Fsp3) is 0.909. The monoisotopic (exact) mass is 216 g/mol. The number of rotatable bonds is 5. The fourth-order valence-electron chi connectivity index (χ4n) is 1.51. The molecule has 0 aromatic rings. The molecule has 1 unspecified atom stereocenters. The highest BCUT2D eigenvalue weighted by atomic mass is 16.3. The standard InChI is InChI=1S/C11H24N2O2/c1-11(2,3)8-9(12)7-10(15)13(4)5-6-14/h9,14H,5-8,12H2,1-4H3. The quantitative estimate of drug-likeness (QED) is 0.707. The van der Waals surface area contributed by atoms with Crippen LogP contribution in [0.25, 0.3) is 0 Å². The van der Waals surface area contributed by atoms with Crippen LogP contribution >= 0.6 is 0 Å². The molecule has 0 aliphatic rings. The van der Waals surface area contributed by atoms with Gasteiger partial charge in [-0.15, -0.1) is 0 Å². The van der Waals surface area contributed by atoms with E-state index in [-0.39, 0.29) is 24.0 Å². The van der Waals surface area contributed by atoms with Gasteiger partial charge in [-0.3, -0.25) is 4.79 Å². The summed E-state index contributed by atoms with van der Waals surface area (Å²) in [5.41, 5.74) is 6.03. The number of aliphatic hydroxyl groups excluding tert-OH is 1. The Hall–Kier alpha value is -0.610. The molecule has 0 rings (SSSR count). The van der Waals surface area contributed by atoms with Gasteiger partial charge in [-0.25, -0.2) is 0 Å². The van der Waals surface area contributed by atoms with Gasteiger partial charge in [0.15, 0.2) is 0 Å². The van der Waals surface area contributed by atoms with Crippen molar-refractivity contribution in [1.82, 2.24) is 4.90 Å². The molecule has 0 radical (unpaired) electrons. The van der Waals surface area contributed by atoms with E-state index in [4.69, 9.17) is 10.8 Å². The lowest BCUT2D eigenvalue weighted by Crippen LogP contribution is -2.36. The van der Waals surface area contributed by atoms with Crippen LogP contribution in [0.1, 0.15) is 33.6 Å². The molecule has 0 saturated carbocycles. The number of hydrogen-bond acceptors (Lipinski definition) is 3. The van der Waals surface area contributed by atoms with Crippen molar-refractivity contribution < 1.29 is 9.90 Å². The third-order valence-electron chi connectivity index (χ3n) is 2.17. The molecule has 0 heterocycles. The van der Waals surface area contributed by atoms with Crippen LogP contribution in [0.3, 0.4) is 0 Å². The molecule has 4 heteroatoms. The highest BCUT2D eigenvalue weighted by molar-refractivity contribution is 5.76. The number of nitrogens with zero attached hydrogens (tertiary/aromatic N) is 1. The molecule has 3 N–H and O–H groups in total. The van der Waals surface area contributed by atoms with E-state index in [9.17, 15) is 4.79 Å². The maximum atomic E-state index is 11.6. The summed E-state index contributed by atoms with van der Waals surface area (Å²) in [5, 5.41) is 8.68. The minimum Gasteiger partial charge on any atom is -0.395 e. The van der Waals surface area contributed by atoms with E-state index in [1.807, 2.05) is 0 Å². The summed E-state index contributed by atoms with van der Waals surface area (Å²) in [6.45, 7) is 6.69. The lowest BCUT2D eigenvalue weighted by atomic mass is 9.87. The predicted octanol–water partition coefficient (Wildman–Crippen LogP) is 0.591. The summed E-state index contributed by atoms with van der Waals surface area (Å²) in [6.07, 6.45) is 1.18. The smallest absolute Gasteiger partial charge is 0.223 e. The lowest BCUT2D eigenvalue weighted by molar-refractivity contribution is -0.130. The Morgan fingerprint density at radius 2 is 2.00 bits per heavy atom. The van der Waals surface area contributed by atoms with Gasteiger partial charge in [0, 0.05) is 26.1 Å². The van der Waals surface area contributed by atoms with Crippen molar-refractivity contribution in [3.8, 4) is 0 Å². The van der Waals surface area contributed by atoms with Crippen molar-refractivity contribution in [2.24, 2.45) is 11.1 Å². The van der Waals surface area contributed by atoms with Gasteiger partial charge < -0.3 is 15.7 Å². The van der Waals surface area contributed by atoms with Gasteiger partial charge >= 0.3 is 0 Å². The van der Waals surface area contributed by atoms with Crippen LogP contribution in [0, 0.1) is 5.41 Å². The Morgan fingerprint density at radius 3 is 2.40 bits per heavy atom. The third-order valence-corrected chi connectivity index (χ3v) is 2.17. The van der Waals surface area contributed by atoms with Crippen molar-refractivity contribution in [3.63, 3.8) is 0 Å². The van der Waals surface area contributed by atoms with Crippen LogP contribution in [0.5, 0.6) is 0 Å². The molecular formula is C11H24N2O2. The summed E-state index contributed by atoms with van der Waals surface area (Å²) < 4.78 is 0. The Morgan fingerprint density at radius 1 is 1.47 bits per heavy atom. The number of likely N-dealkylation sites (N-methyl/N-ethyl adjacent to an activating group) is 1. The van der Waals surface area contributed by atoms with Gasteiger partial charge in [-0.05, 0) is 11.8 Å². The van der Waals surface area contributed by atoms with E-state index in [1.54, 1.807) is 7.05 Å². The zero-order valence-electron chi connectivity index (χ0n) is 10.3. The Labute approximate surface area is 92.4 Å². The van der Waals surface area contributed by atoms with Crippen LogP contribution in [0.4, 0.5) is 0 Å². The van der Waals surface area contributed by atoms with E-state index in [1.165, 1.54) is 4.90 Å². The molecule has 90 valence electrons. The van der Waals surface area contributed by atoms with E-state index in [0.717, 1.165) is 6.42 Å². The van der Waals surface area contributed by atoms with Gasteiger partial charge in [-0.2, -0.15) is 0 Å². The van der Waals surface area contributed by atoms with Gasteiger partial charge in [0.2, 0.25) is 5.91 Å². The Bertz CT molecular complexity index is 199. The Balaban J connectivity index is 3.96. The molecule has 0 fully saturated rings. The lowest BCUT2D eigenvalue weighted by Gasteiger charge is -2.24. The van der Waals surface area contributed by atoms with Crippen LogP contribution in [0.15, 0.2) is 0 Å². The van der Waals surface area contributed by atoms with Crippen molar-refractivity contribution >= 4 is 5.91 Å². The minimum absolute atomic E-state index is 0.000741. The number of aliphatic hydroxyl groups is 1. The van der Waals surface area contributed by atoms with Gasteiger partial charge in [-0.1, -0.05) is 20.8 Å². The minimum atomic E-state index is -0.0985. The van der Waals surface area contributed by atoms with E-state index in [2.05, 4.69) is 20.8 Å². The number of hydrogen-bond donors (Lipinski definition) is 2. The van der Waals surface area contributed by atoms with Crippen molar-refractivity contribution in [2.75, 3.05) is 20.2 Å². The van der Waals surface area contributed by atoms with Crippen LogP contribution in [0.2, 0.25) is 0 Å². The van der Waals surface area contributed by atoms with Gasteiger partial charge in [0.05, 0.1) is 6.61 Å². The van der Waals surface area contributed by atoms with Gasteiger partial charge in [0.1, 0.15) is 0 Å². The summed E-state index contributed by atoms with van der Waals surface area (Å²) in [5.74, 6) is 0.000741. The van der Waals surface area contributed by atoms with Crippen LogP contribution in [-0.2, 0) is 4.79 Å². The molecule has 0 aromatic heterocycles. The SMILES string of the molecule is CN(CCO)C(=O)CC(N)CC(C)(C)C. The zero-order chi connectivity index (χ0) is 12.1. The summed E-state index contributed by atoms with van der Waals surface area (Å²) in [7, 11) is 1.68. The largest absolute Gasteiger partial charge is 0.395 e. The molecule has 0 aliphatic carbocycles. The van der Waals surface area contributed by atoms with E-state index < -0.39 is 0 Å². The molecule has 15 heavy (non-hydrogen) atoms. The molecular weight excluding hydrogens is 192 g/mol. The Kier molecular flexibility index (Phi) is 5.83. The average Bonchev–Trinajstić information content (AvgIpc) is 2.00. The molecule has 0 aromatic carbocycles. The number of carbonyl (C=O) groups is 1. The number of carbonyl (C=O) groups excluding carboxylic acids is 1. The zero-order valence-corrected chi connectivity index (χ0v) is 10.3. The third kappa shape index (κ3) is 7.33. The fourth-order valence-corrected chi connectivity index (χ4v) is 1.51. The molecule has 4 nitrogen and oxygen atoms in total. The average molecular weight is 216 g/mol. The molecule has 0 spiro atoms. The first kappa shape index (κ1) is 14.4. The number of nitrogens with two attached hydrogens (primary N) is 1. The predicted molar refractivity (Wildman–Crippen MR) is 61.4 cm³/mol. The van der Waals surface area contributed by atoms with E-state index >= 15 is 0 Å². The van der Waals surface area contributed by atoms with E-state index in [0.29, 0.717) is 13.0 Å².